The molecular formula is C13H13Cl2FN2S. The van der Waals surface area contributed by atoms with E-state index in [1.54, 1.807) is 11.3 Å². The molecule has 0 spiro atoms. The fourth-order valence-corrected chi connectivity index (χ4v) is 2.90. The van der Waals surface area contributed by atoms with E-state index in [2.05, 4.69) is 10.3 Å². The minimum atomic E-state index is -0.450. The van der Waals surface area contributed by atoms with Crippen LogP contribution in [-0.2, 0) is 6.42 Å². The molecule has 0 aliphatic rings. The molecule has 0 radical (unpaired) electrons. The van der Waals surface area contributed by atoms with E-state index in [1.807, 2.05) is 17.8 Å². The van der Waals surface area contributed by atoms with Gasteiger partial charge in [0.2, 0.25) is 0 Å². The molecule has 2 rings (SSSR count). The summed E-state index contributed by atoms with van der Waals surface area (Å²) in [6.07, 6.45) is 0.835. The summed E-state index contributed by atoms with van der Waals surface area (Å²) in [6.45, 7) is 2.70. The van der Waals surface area contributed by atoms with E-state index in [4.69, 9.17) is 23.2 Å². The van der Waals surface area contributed by atoms with Crippen LogP contribution in [-0.4, -0.2) is 11.5 Å². The summed E-state index contributed by atoms with van der Waals surface area (Å²) in [5.74, 6) is -0.450. The minimum Gasteiger partial charge on any atom is -0.310 e. The van der Waals surface area contributed by atoms with Crippen LogP contribution in [0.25, 0.3) is 0 Å². The van der Waals surface area contributed by atoms with Crippen molar-refractivity contribution in [2.45, 2.75) is 19.4 Å². The molecule has 2 nitrogen and oxygen atoms in total. The van der Waals surface area contributed by atoms with Gasteiger partial charge in [-0.2, -0.15) is 0 Å². The molecule has 0 saturated carbocycles. The fourth-order valence-electron chi connectivity index (χ4n) is 1.76. The van der Waals surface area contributed by atoms with Gasteiger partial charge in [0.1, 0.15) is 5.82 Å². The van der Waals surface area contributed by atoms with Crippen LogP contribution in [0.3, 0.4) is 0 Å². The van der Waals surface area contributed by atoms with Crippen molar-refractivity contribution in [3.8, 4) is 0 Å². The van der Waals surface area contributed by atoms with Crippen LogP contribution in [0.15, 0.2) is 23.0 Å². The van der Waals surface area contributed by atoms with Crippen LogP contribution in [0.4, 0.5) is 4.39 Å². The van der Waals surface area contributed by atoms with Crippen molar-refractivity contribution < 1.29 is 4.39 Å². The number of hydrogen-bond donors (Lipinski definition) is 1. The Labute approximate surface area is 125 Å². The van der Waals surface area contributed by atoms with Crippen molar-refractivity contribution >= 4 is 34.5 Å². The lowest BCUT2D eigenvalue weighted by Gasteiger charge is -2.16. The largest absolute Gasteiger partial charge is 0.310 e. The first-order valence-corrected chi connectivity index (χ1v) is 7.52. The fraction of sp³-hybridized carbons (Fsp3) is 0.308. The van der Waals surface area contributed by atoms with Gasteiger partial charge in [-0.3, -0.25) is 0 Å². The van der Waals surface area contributed by atoms with Crippen molar-refractivity contribution in [1.29, 1.82) is 0 Å². The van der Waals surface area contributed by atoms with Gasteiger partial charge in [-0.05, 0) is 24.6 Å². The standard InChI is InChI=1S/C13H13Cl2FN2S/c1-8(17-3-2-9-6-19-7-18-9)10-4-13(16)12(15)5-11(10)14/h4-8,17H,2-3H2,1H3. The van der Waals surface area contributed by atoms with E-state index in [-0.39, 0.29) is 11.1 Å². The molecule has 0 bridgehead atoms. The second-order valence-corrected chi connectivity index (χ2v) is 5.73. The first-order valence-electron chi connectivity index (χ1n) is 5.83. The zero-order chi connectivity index (χ0) is 13.8. The van der Waals surface area contributed by atoms with Crippen LogP contribution < -0.4 is 5.32 Å². The van der Waals surface area contributed by atoms with E-state index in [9.17, 15) is 4.39 Å². The van der Waals surface area contributed by atoms with Crippen LogP contribution >= 0.6 is 34.5 Å². The lowest BCUT2D eigenvalue weighted by Crippen LogP contribution is -2.21. The highest BCUT2D eigenvalue weighted by Crippen LogP contribution is 2.28. The summed E-state index contributed by atoms with van der Waals surface area (Å²) < 4.78 is 13.4. The maximum Gasteiger partial charge on any atom is 0.142 e. The summed E-state index contributed by atoms with van der Waals surface area (Å²) >= 11 is 13.3. The summed E-state index contributed by atoms with van der Waals surface area (Å²) in [6, 6.07) is 2.77. The molecule has 1 heterocycles. The normalized spacial score (nSPS) is 12.6. The van der Waals surface area contributed by atoms with Crippen molar-refractivity contribution in [2.24, 2.45) is 0 Å². The van der Waals surface area contributed by atoms with Crippen LogP contribution in [0.1, 0.15) is 24.2 Å². The van der Waals surface area contributed by atoms with Gasteiger partial charge in [-0.15, -0.1) is 11.3 Å². The summed E-state index contributed by atoms with van der Waals surface area (Å²) in [5, 5.41) is 5.83. The van der Waals surface area contributed by atoms with Crippen molar-refractivity contribution in [3.63, 3.8) is 0 Å². The second-order valence-electron chi connectivity index (χ2n) is 4.19. The van der Waals surface area contributed by atoms with Gasteiger partial charge >= 0.3 is 0 Å². The molecule has 2 aromatic rings. The Kier molecular flexibility index (Phi) is 5.16. The Bertz CT molecular complexity index is 546. The number of thiazole rings is 1. The molecule has 0 amide bonds. The SMILES string of the molecule is CC(NCCc1cscn1)c1cc(F)c(Cl)cc1Cl. The van der Waals surface area contributed by atoms with E-state index in [0.29, 0.717) is 10.6 Å². The molecule has 1 aromatic carbocycles. The van der Waals surface area contributed by atoms with Crippen molar-refractivity contribution in [2.75, 3.05) is 6.54 Å². The monoisotopic (exact) mass is 318 g/mol. The number of aromatic nitrogens is 1. The molecule has 0 aliphatic heterocycles. The first-order chi connectivity index (χ1) is 9.08. The maximum atomic E-state index is 13.4. The summed E-state index contributed by atoms with van der Waals surface area (Å²) in [7, 11) is 0. The van der Waals surface area contributed by atoms with E-state index in [1.165, 1.54) is 12.1 Å². The number of nitrogens with one attached hydrogen (secondary N) is 1. The van der Waals surface area contributed by atoms with Gasteiger partial charge < -0.3 is 5.32 Å². The Hall–Kier alpha value is -0.680. The quantitative estimate of drug-likeness (QED) is 0.822. The Morgan fingerprint density at radius 1 is 1.37 bits per heavy atom. The average molecular weight is 319 g/mol. The molecule has 0 aliphatic carbocycles. The molecule has 19 heavy (non-hydrogen) atoms. The van der Waals surface area contributed by atoms with Gasteiger partial charge in [-0.25, -0.2) is 9.37 Å². The third kappa shape index (κ3) is 3.89. The molecule has 1 atom stereocenters. The van der Waals surface area contributed by atoms with Gasteiger partial charge in [0.05, 0.1) is 16.2 Å². The lowest BCUT2D eigenvalue weighted by molar-refractivity contribution is 0.565. The zero-order valence-corrected chi connectivity index (χ0v) is 12.6. The van der Waals surface area contributed by atoms with Crippen molar-refractivity contribution in [1.82, 2.24) is 10.3 Å². The maximum absolute atomic E-state index is 13.4. The van der Waals surface area contributed by atoms with Crippen LogP contribution in [0, 0.1) is 5.82 Å². The second kappa shape index (κ2) is 6.66. The number of hydrogen-bond acceptors (Lipinski definition) is 3. The Balaban J connectivity index is 1.96. The number of rotatable bonds is 5. The highest BCUT2D eigenvalue weighted by molar-refractivity contribution is 7.07. The highest BCUT2D eigenvalue weighted by Gasteiger charge is 2.13. The van der Waals surface area contributed by atoms with Gasteiger partial charge in [0.25, 0.3) is 0 Å². The molecule has 6 heteroatoms. The van der Waals surface area contributed by atoms with Gasteiger partial charge in [0, 0.05) is 29.4 Å². The Morgan fingerprint density at radius 3 is 2.84 bits per heavy atom. The number of nitrogens with zero attached hydrogens (tertiary/aromatic N) is 1. The van der Waals surface area contributed by atoms with Gasteiger partial charge in [0.15, 0.2) is 0 Å². The average Bonchev–Trinajstić information content (AvgIpc) is 2.86. The molecule has 1 N–H and O–H groups in total. The topological polar surface area (TPSA) is 24.9 Å². The predicted molar refractivity (Wildman–Crippen MR) is 78.7 cm³/mol. The zero-order valence-electron chi connectivity index (χ0n) is 10.3. The molecular weight excluding hydrogens is 306 g/mol. The first kappa shape index (κ1) is 14.7. The molecule has 0 saturated heterocycles. The lowest BCUT2D eigenvalue weighted by atomic mass is 10.1. The molecule has 1 unspecified atom stereocenters. The highest BCUT2D eigenvalue weighted by atomic mass is 35.5. The third-order valence-electron chi connectivity index (χ3n) is 2.82. The van der Waals surface area contributed by atoms with Crippen molar-refractivity contribution in [3.05, 3.63) is 50.1 Å². The number of halogens is 3. The predicted octanol–water partition coefficient (Wildman–Crippen LogP) is 4.48. The third-order valence-corrected chi connectivity index (χ3v) is 4.07. The van der Waals surface area contributed by atoms with E-state index in [0.717, 1.165) is 18.7 Å². The van der Waals surface area contributed by atoms with E-state index >= 15 is 0 Å². The summed E-state index contributed by atoms with van der Waals surface area (Å²) in [5.41, 5.74) is 3.57. The number of benzene rings is 1. The summed E-state index contributed by atoms with van der Waals surface area (Å²) in [4.78, 5) is 4.20. The van der Waals surface area contributed by atoms with Crippen LogP contribution in [0.2, 0.25) is 10.0 Å². The molecule has 1 aromatic heterocycles. The smallest absolute Gasteiger partial charge is 0.142 e. The van der Waals surface area contributed by atoms with Crippen LogP contribution in [0.5, 0.6) is 0 Å². The molecule has 0 fully saturated rings. The van der Waals surface area contributed by atoms with E-state index < -0.39 is 5.82 Å². The molecule has 102 valence electrons. The Morgan fingerprint density at radius 2 is 2.16 bits per heavy atom. The minimum absolute atomic E-state index is 0.0436. The van der Waals surface area contributed by atoms with Gasteiger partial charge in [-0.1, -0.05) is 23.2 Å².